The summed E-state index contributed by atoms with van der Waals surface area (Å²) in [5, 5.41) is 3.17. The van der Waals surface area contributed by atoms with Crippen LogP contribution in [0.25, 0.3) is 0 Å². The lowest BCUT2D eigenvalue weighted by Crippen LogP contribution is -2.38. The topological polar surface area (TPSA) is 49.4 Å². The van der Waals surface area contributed by atoms with Gasteiger partial charge in [0.15, 0.2) is 6.29 Å². The molecule has 1 aromatic rings. The summed E-state index contributed by atoms with van der Waals surface area (Å²) in [6.45, 7) is 2.94. The molecule has 0 unspecified atom stereocenters. The van der Waals surface area contributed by atoms with Gasteiger partial charge in [-0.05, 0) is 19.1 Å². The van der Waals surface area contributed by atoms with Crippen molar-refractivity contribution in [3.05, 3.63) is 28.3 Å². The summed E-state index contributed by atoms with van der Waals surface area (Å²) in [6, 6.07) is 3.11. The van der Waals surface area contributed by atoms with E-state index in [1.54, 1.807) is 17.0 Å². The molecule has 84 valence electrons. The van der Waals surface area contributed by atoms with Gasteiger partial charge in [0, 0.05) is 28.4 Å². The van der Waals surface area contributed by atoms with Gasteiger partial charge in [-0.15, -0.1) is 0 Å². The lowest BCUT2D eigenvalue weighted by atomic mass is 10.0. The van der Waals surface area contributed by atoms with Crippen molar-refractivity contribution in [3.8, 4) is 0 Å². The maximum Gasteiger partial charge on any atom is 0.322 e. The Morgan fingerprint density at radius 2 is 2.31 bits per heavy atom. The van der Waals surface area contributed by atoms with E-state index in [1.807, 2.05) is 6.92 Å². The molecule has 1 aromatic carbocycles. The van der Waals surface area contributed by atoms with Gasteiger partial charge in [-0.25, -0.2) is 4.79 Å². The molecule has 2 rings (SSSR count). The second kappa shape index (κ2) is 4.14. The summed E-state index contributed by atoms with van der Waals surface area (Å²) in [7, 11) is 0. The van der Waals surface area contributed by atoms with Gasteiger partial charge >= 0.3 is 6.03 Å². The fourth-order valence-corrected chi connectivity index (χ4v) is 1.99. The number of nitrogens with one attached hydrogen (secondary N) is 1. The van der Waals surface area contributed by atoms with Gasteiger partial charge in [-0.2, -0.15) is 0 Å². The van der Waals surface area contributed by atoms with Crippen LogP contribution in [-0.2, 0) is 6.54 Å². The Morgan fingerprint density at radius 1 is 1.56 bits per heavy atom. The van der Waals surface area contributed by atoms with E-state index in [0.717, 1.165) is 11.8 Å². The monoisotopic (exact) mass is 238 g/mol. The molecule has 1 N–H and O–H groups in total. The number of anilines is 1. The first-order valence-corrected chi connectivity index (χ1v) is 5.37. The highest BCUT2D eigenvalue weighted by atomic mass is 35.5. The Hall–Kier alpha value is -1.55. The number of aldehydes is 1. The second-order valence-electron chi connectivity index (χ2n) is 3.58. The van der Waals surface area contributed by atoms with E-state index < -0.39 is 0 Å². The Bertz CT molecular complexity index is 460. The number of hydrogen-bond donors (Lipinski definition) is 1. The third kappa shape index (κ3) is 1.76. The van der Waals surface area contributed by atoms with Crippen LogP contribution in [0.15, 0.2) is 12.1 Å². The van der Waals surface area contributed by atoms with Crippen LogP contribution in [-0.4, -0.2) is 23.8 Å². The number of rotatable bonds is 2. The number of benzene rings is 1. The number of nitrogens with zero attached hydrogens (tertiary/aromatic N) is 1. The average molecular weight is 239 g/mol. The average Bonchev–Trinajstić information content (AvgIpc) is 2.26. The van der Waals surface area contributed by atoms with Crippen molar-refractivity contribution in [2.45, 2.75) is 13.5 Å². The highest BCUT2D eigenvalue weighted by molar-refractivity contribution is 6.31. The van der Waals surface area contributed by atoms with Crippen molar-refractivity contribution in [1.82, 2.24) is 4.90 Å². The summed E-state index contributed by atoms with van der Waals surface area (Å²) in [4.78, 5) is 24.1. The molecule has 4 nitrogen and oxygen atoms in total. The molecule has 0 saturated carbocycles. The molecule has 1 heterocycles. The van der Waals surface area contributed by atoms with Crippen LogP contribution in [0.3, 0.4) is 0 Å². The first-order chi connectivity index (χ1) is 7.65. The number of amides is 2. The molecule has 0 atom stereocenters. The molecule has 16 heavy (non-hydrogen) atoms. The number of halogens is 1. The maximum atomic E-state index is 11.6. The molecule has 0 bridgehead atoms. The zero-order valence-corrected chi connectivity index (χ0v) is 9.54. The normalized spacial score (nSPS) is 14.4. The Labute approximate surface area is 98.2 Å². The number of fused-ring (bicyclic) bond motifs is 1. The van der Waals surface area contributed by atoms with Gasteiger partial charge in [0.1, 0.15) is 0 Å². The lowest BCUT2D eigenvalue weighted by Gasteiger charge is -2.29. The SMILES string of the molecule is CCN1Cc2c(C=O)cc(Cl)cc2NC1=O. The van der Waals surface area contributed by atoms with E-state index in [4.69, 9.17) is 11.6 Å². The molecule has 0 radical (unpaired) electrons. The third-order valence-corrected chi connectivity index (χ3v) is 2.85. The summed E-state index contributed by atoms with van der Waals surface area (Å²) in [5.74, 6) is 0. The lowest BCUT2D eigenvalue weighted by molar-refractivity contribution is 0.112. The largest absolute Gasteiger partial charge is 0.322 e. The highest BCUT2D eigenvalue weighted by Crippen LogP contribution is 2.29. The summed E-state index contributed by atoms with van der Waals surface area (Å²) < 4.78 is 0. The summed E-state index contributed by atoms with van der Waals surface area (Å²) in [6.07, 6.45) is 0.760. The maximum absolute atomic E-state index is 11.6. The van der Waals surface area contributed by atoms with Crippen LogP contribution in [0, 0.1) is 0 Å². The van der Waals surface area contributed by atoms with Gasteiger partial charge in [0.2, 0.25) is 0 Å². The van der Waals surface area contributed by atoms with Crippen molar-refractivity contribution in [2.75, 3.05) is 11.9 Å². The fourth-order valence-electron chi connectivity index (χ4n) is 1.76. The summed E-state index contributed by atoms with van der Waals surface area (Å²) >= 11 is 5.85. The van der Waals surface area contributed by atoms with Gasteiger partial charge in [0.05, 0.1) is 6.54 Å². The first kappa shape index (κ1) is 11.0. The minimum atomic E-state index is -0.158. The van der Waals surface area contributed by atoms with Gasteiger partial charge in [0.25, 0.3) is 0 Å². The molecule has 2 amide bonds. The Balaban J connectivity index is 2.50. The fraction of sp³-hybridized carbons (Fsp3) is 0.273. The molecule has 0 aliphatic carbocycles. The molecular weight excluding hydrogens is 228 g/mol. The molecule has 5 heteroatoms. The smallest absolute Gasteiger partial charge is 0.320 e. The molecule has 0 saturated heterocycles. The first-order valence-electron chi connectivity index (χ1n) is 4.99. The molecular formula is C11H11ClN2O2. The number of carbonyl (C=O) groups excluding carboxylic acids is 2. The quantitative estimate of drug-likeness (QED) is 0.805. The third-order valence-electron chi connectivity index (χ3n) is 2.64. The minimum absolute atomic E-state index is 0.158. The predicted octanol–water partition coefficient (Wildman–Crippen LogP) is 2.52. The van der Waals surface area contributed by atoms with Crippen molar-refractivity contribution in [3.63, 3.8) is 0 Å². The van der Waals surface area contributed by atoms with Crippen LogP contribution in [0.2, 0.25) is 5.02 Å². The van der Waals surface area contributed by atoms with E-state index in [0.29, 0.717) is 29.4 Å². The molecule has 0 fully saturated rings. The van der Waals surface area contributed by atoms with E-state index in [-0.39, 0.29) is 6.03 Å². The predicted molar refractivity (Wildman–Crippen MR) is 61.9 cm³/mol. The molecule has 1 aliphatic heterocycles. The Kier molecular flexibility index (Phi) is 2.83. The summed E-state index contributed by atoms with van der Waals surface area (Å²) in [5.41, 5.74) is 1.98. The highest BCUT2D eigenvalue weighted by Gasteiger charge is 2.23. The van der Waals surface area contributed by atoms with Crippen molar-refractivity contribution >= 4 is 29.6 Å². The van der Waals surface area contributed by atoms with Crippen molar-refractivity contribution in [2.24, 2.45) is 0 Å². The van der Waals surface area contributed by atoms with Crippen molar-refractivity contribution in [1.29, 1.82) is 0 Å². The number of carbonyl (C=O) groups is 2. The van der Waals surface area contributed by atoms with Gasteiger partial charge in [-0.3, -0.25) is 4.79 Å². The van der Waals surface area contributed by atoms with E-state index in [1.165, 1.54) is 0 Å². The van der Waals surface area contributed by atoms with Crippen LogP contribution < -0.4 is 5.32 Å². The molecule has 0 aromatic heterocycles. The minimum Gasteiger partial charge on any atom is -0.320 e. The van der Waals surface area contributed by atoms with E-state index >= 15 is 0 Å². The van der Waals surface area contributed by atoms with Crippen LogP contribution >= 0.6 is 11.6 Å². The van der Waals surface area contributed by atoms with Crippen molar-refractivity contribution < 1.29 is 9.59 Å². The van der Waals surface area contributed by atoms with Gasteiger partial charge < -0.3 is 10.2 Å². The Morgan fingerprint density at radius 3 is 2.94 bits per heavy atom. The van der Waals surface area contributed by atoms with Crippen LogP contribution in [0.4, 0.5) is 10.5 Å². The molecule has 1 aliphatic rings. The van der Waals surface area contributed by atoms with E-state index in [2.05, 4.69) is 5.32 Å². The van der Waals surface area contributed by atoms with E-state index in [9.17, 15) is 9.59 Å². The second-order valence-corrected chi connectivity index (χ2v) is 4.02. The number of hydrogen-bond acceptors (Lipinski definition) is 2. The zero-order valence-electron chi connectivity index (χ0n) is 8.79. The number of urea groups is 1. The van der Waals surface area contributed by atoms with Crippen LogP contribution in [0.5, 0.6) is 0 Å². The molecule has 0 spiro atoms. The van der Waals surface area contributed by atoms with Crippen LogP contribution in [0.1, 0.15) is 22.8 Å². The zero-order chi connectivity index (χ0) is 11.7. The standard InChI is InChI=1S/C11H11ClN2O2/c1-2-14-5-9-7(6-15)3-8(12)4-10(9)13-11(14)16/h3-4,6H,2,5H2,1H3,(H,13,16). The van der Waals surface area contributed by atoms with Gasteiger partial charge in [-0.1, -0.05) is 11.6 Å².